The van der Waals surface area contributed by atoms with E-state index in [-0.39, 0.29) is 24.5 Å². The first-order valence-corrected chi connectivity index (χ1v) is 5.71. The van der Waals surface area contributed by atoms with Crippen LogP contribution in [0.1, 0.15) is 25.0 Å². The van der Waals surface area contributed by atoms with Gasteiger partial charge in [-0.1, -0.05) is 18.2 Å². The molecule has 0 radical (unpaired) electrons. The fraction of sp³-hybridized carbons (Fsp3) is 0.538. The molecule has 4 heteroatoms. The number of hydrogen-bond acceptors (Lipinski definition) is 3. The Bertz CT molecular complexity index is 380. The highest BCUT2D eigenvalue weighted by Gasteiger charge is 2.23. The summed E-state index contributed by atoms with van der Waals surface area (Å²) in [6.45, 7) is 4.51. The van der Waals surface area contributed by atoms with Gasteiger partial charge >= 0.3 is 0 Å². The Morgan fingerprint density at radius 3 is 2.47 bits per heavy atom. The molecular weight excluding hydrogens is 219 g/mol. The summed E-state index contributed by atoms with van der Waals surface area (Å²) in [5, 5.41) is 9.26. The van der Waals surface area contributed by atoms with Crippen molar-refractivity contribution in [2.75, 3.05) is 13.7 Å². The molecule has 0 heterocycles. The Kier molecular flexibility index (Phi) is 4.62. The van der Waals surface area contributed by atoms with E-state index in [1.54, 1.807) is 18.2 Å². The molecule has 0 amide bonds. The number of halogens is 1. The Morgan fingerprint density at radius 1 is 1.35 bits per heavy atom. The van der Waals surface area contributed by atoms with Gasteiger partial charge in [0.25, 0.3) is 0 Å². The van der Waals surface area contributed by atoms with Crippen LogP contribution in [0.15, 0.2) is 18.2 Å². The highest BCUT2D eigenvalue weighted by Crippen LogP contribution is 2.19. The lowest BCUT2D eigenvalue weighted by atomic mass is 10.0. The Morgan fingerprint density at radius 2 is 1.94 bits per heavy atom. The van der Waals surface area contributed by atoms with Gasteiger partial charge in [-0.2, -0.15) is 0 Å². The first-order valence-electron chi connectivity index (χ1n) is 5.71. The van der Waals surface area contributed by atoms with E-state index in [2.05, 4.69) is 0 Å². The second kappa shape index (κ2) is 5.58. The average molecular weight is 240 g/mol. The molecule has 0 fully saturated rings. The highest BCUT2D eigenvalue weighted by molar-refractivity contribution is 5.26. The van der Waals surface area contributed by atoms with E-state index in [1.165, 1.54) is 0 Å². The van der Waals surface area contributed by atoms with Crippen molar-refractivity contribution in [2.45, 2.75) is 32.5 Å². The molecule has 0 saturated heterocycles. The molecule has 0 atom stereocenters. The van der Waals surface area contributed by atoms with E-state index in [4.69, 9.17) is 5.73 Å². The molecule has 0 saturated carbocycles. The van der Waals surface area contributed by atoms with Gasteiger partial charge in [0.15, 0.2) is 0 Å². The highest BCUT2D eigenvalue weighted by atomic mass is 19.1. The third-order valence-electron chi connectivity index (χ3n) is 3.21. The summed E-state index contributed by atoms with van der Waals surface area (Å²) in [6.07, 6.45) is 0. The van der Waals surface area contributed by atoms with Gasteiger partial charge in [-0.05, 0) is 20.9 Å². The van der Waals surface area contributed by atoms with Crippen LogP contribution in [-0.4, -0.2) is 29.2 Å². The topological polar surface area (TPSA) is 49.5 Å². The molecule has 0 aliphatic rings. The number of aliphatic hydroxyl groups excluding tert-OH is 1. The zero-order chi connectivity index (χ0) is 13.1. The Hall–Kier alpha value is -0.970. The van der Waals surface area contributed by atoms with E-state index in [0.717, 1.165) is 0 Å². The predicted octanol–water partition coefficient (Wildman–Crippen LogP) is 1.49. The Labute approximate surface area is 102 Å². The normalized spacial score (nSPS) is 12.2. The van der Waals surface area contributed by atoms with E-state index in [9.17, 15) is 9.50 Å². The van der Waals surface area contributed by atoms with Gasteiger partial charge in [0.2, 0.25) is 0 Å². The summed E-state index contributed by atoms with van der Waals surface area (Å²) < 4.78 is 14.0. The number of rotatable bonds is 5. The van der Waals surface area contributed by atoms with Gasteiger partial charge in [0, 0.05) is 29.8 Å². The summed E-state index contributed by atoms with van der Waals surface area (Å²) in [5.74, 6) is -0.240. The molecule has 3 N–H and O–H groups in total. The second-order valence-electron chi connectivity index (χ2n) is 4.92. The monoisotopic (exact) mass is 240 g/mol. The lowest BCUT2D eigenvalue weighted by Crippen LogP contribution is -2.43. The van der Waals surface area contributed by atoms with E-state index in [0.29, 0.717) is 17.7 Å². The molecule has 0 unspecified atom stereocenters. The van der Waals surface area contributed by atoms with Crippen molar-refractivity contribution in [2.24, 2.45) is 5.73 Å². The van der Waals surface area contributed by atoms with E-state index >= 15 is 0 Å². The third-order valence-corrected chi connectivity index (χ3v) is 3.21. The van der Waals surface area contributed by atoms with Crippen LogP contribution in [0.3, 0.4) is 0 Å². The van der Waals surface area contributed by atoms with E-state index in [1.807, 2.05) is 25.8 Å². The van der Waals surface area contributed by atoms with Crippen molar-refractivity contribution in [3.63, 3.8) is 0 Å². The number of hydrogen-bond donors (Lipinski definition) is 2. The van der Waals surface area contributed by atoms with Crippen molar-refractivity contribution in [3.8, 4) is 0 Å². The Balaban J connectivity index is 2.89. The first kappa shape index (κ1) is 14.1. The van der Waals surface area contributed by atoms with Crippen LogP contribution >= 0.6 is 0 Å². The van der Waals surface area contributed by atoms with Gasteiger partial charge in [0.1, 0.15) is 5.82 Å². The standard InChI is InChI=1S/C13H21FN2O/c1-13(2,9-17)16(3)8-11-6-4-5-10(7-15)12(11)14/h4-6,17H,7-9,15H2,1-3H3. The molecule has 96 valence electrons. The van der Waals surface area contributed by atoms with Crippen LogP contribution in [-0.2, 0) is 13.1 Å². The molecule has 0 aliphatic heterocycles. The second-order valence-corrected chi connectivity index (χ2v) is 4.92. The number of aliphatic hydroxyl groups is 1. The summed E-state index contributed by atoms with van der Waals surface area (Å²) in [6, 6.07) is 5.24. The maximum absolute atomic E-state index is 14.0. The summed E-state index contributed by atoms with van der Waals surface area (Å²) in [7, 11) is 1.87. The molecule has 0 aromatic heterocycles. The van der Waals surface area contributed by atoms with Crippen molar-refractivity contribution < 1.29 is 9.50 Å². The van der Waals surface area contributed by atoms with Gasteiger partial charge in [-0.15, -0.1) is 0 Å². The molecule has 0 aliphatic carbocycles. The van der Waals surface area contributed by atoms with Crippen LogP contribution in [0.2, 0.25) is 0 Å². The predicted molar refractivity (Wildman–Crippen MR) is 66.9 cm³/mol. The molecule has 1 rings (SSSR count). The minimum atomic E-state index is -0.370. The number of benzene rings is 1. The zero-order valence-corrected chi connectivity index (χ0v) is 10.7. The lowest BCUT2D eigenvalue weighted by molar-refractivity contribution is 0.0725. The molecular formula is C13H21FN2O. The molecule has 3 nitrogen and oxygen atoms in total. The minimum Gasteiger partial charge on any atom is -0.394 e. The van der Waals surface area contributed by atoms with Crippen LogP contribution in [0.5, 0.6) is 0 Å². The molecule has 1 aromatic rings. The van der Waals surface area contributed by atoms with Gasteiger partial charge in [0.05, 0.1) is 6.61 Å². The molecule has 0 spiro atoms. The summed E-state index contributed by atoms with van der Waals surface area (Å²) in [5.41, 5.74) is 6.23. The van der Waals surface area contributed by atoms with Crippen molar-refractivity contribution in [1.82, 2.24) is 4.90 Å². The number of nitrogens with two attached hydrogens (primary N) is 1. The summed E-state index contributed by atoms with van der Waals surface area (Å²) >= 11 is 0. The van der Waals surface area contributed by atoms with Crippen LogP contribution < -0.4 is 5.73 Å². The van der Waals surface area contributed by atoms with Gasteiger partial charge in [-0.3, -0.25) is 4.90 Å². The van der Waals surface area contributed by atoms with Crippen molar-refractivity contribution >= 4 is 0 Å². The SMILES string of the molecule is CN(Cc1cccc(CN)c1F)C(C)(C)CO. The smallest absolute Gasteiger partial charge is 0.132 e. The largest absolute Gasteiger partial charge is 0.394 e. The minimum absolute atomic E-state index is 0.0295. The molecule has 0 bridgehead atoms. The average Bonchev–Trinajstić information content (AvgIpc) is 2.31. The fourth-order valence-electron chi connectivity index (χ4n) is 1.50. The van der Waals surface area contributed by atoms with Crippen LogP contribution in [0, 0.1) is 5.82 Å². The molecule has 1 aromatic carbocycles. The summed E-state index contributed by atoms with van der Waals surface area (Å²) in [4.78, 5) is 1.92. The zero-order valence-electron chi connectivity index (χ0n) is 10.7. The van der Waals surface area contributed by atoms with Gasteiger partial charge in [-0.25, -0.2) is 4.39 Å². The fourth-order valence-corrected chi connectivity index (χ4v) is 1.50. The maximum Gasteiger partial charge on any atom is 0.132 e. The first-order chi connectivity index (χ1) is 7.92. The number of likely N-dealkylation sites (N-methyl/N-ethyl adjacent to an activating group) is 1. The van der Waals surface area contributed by atoms with Crippen LogP contribution in [0.4, 0.5) is 4.39 Å². The van der Waals surface area contributed by atoms with Crippen molar-refractivity contribution in [3.05, 3.63) is 35.1 Å². The van der Waals surface area contributed by atoms with E-state index < -0.39 is 0 Å². The lowest BCUT2D eigenvalue weighted by Gasteiger charge is -2.34. The maximum atomic E-state index is 14.0. The van der Waals surface area contributed by atoms with Crippen molar-refractivity contribution in [1.29, 1.82) is 0 Å². The quantitative estimate of drug-likeness (QED) is 0.819. The van der Waals surface area contributed by atoms with Crippen LogP contribution in [0.25, 0.3) is 0 Å². The number of nitrogens with zero attached hydrogens (tertiary/aromatic N) is 1. The molecule has 17 heavy (non-hydrogen) atoms. The van der Waals surface area contributed by atoms with Gasteiger partial charge < -0.3 is 10.8 Å². The third kappa shape index (κ3) is 3.25.